The Balaban J connectivity index is 1.81. The van der Waals surface area contributed by atoms with Crippen LogP contribution in [-0.2, 0) is 18.5 Å². The quantitative estimate of drug-likeness (QED) is 0.812. The molecule has 0 saturated carbocycles. The third-order valence-corrected chi connectivity index (χ3v) is 3.88. The molecule has 0 unspecified atom stereocenters. The minimum Gasteiger partial charge on any atom is -0.328 e. The van der Waals surface area contributed by atoms with E-state index in [1.807, 2.05) is 6.20 Å². The highest BCUT2D eigenvalue weighted by molar-refractivity contribution is 5.94. The van der Waals surface area contributed by atoms with Gasteiger partial charge in [0.05, 0.1) is 23.9 Å². The Labute approximate surface area is 135 Å². The van der Waals surface area contributed by atoms with E-state index in [0.717, 1.165) is 17.1 Å². The number of fused-ring (bicyclic) bond motifs is 1. The van der Waals surface area contributed by atoms with Crippen molar-refractivity contribution in [1.82, 2.24) is 14.9 Å². The fourth-order valence-electron chi connectivity index (χ4n) is 2.53. The van der Waals surface area contributed by atoms with Crippen LogP contribution in [0.3, 0.4) is 0 Å². The number of nitriles is 1. The highest BCUT2D eigenvalue weighted by Crippen LogP contribution is 2.25. The van der Waals surface area contributed by atoms with Crippen molar-refractivity contribution < 1.29 is 4.79 Å². The monoisotopic (exact) mass is 306 g/mol. The zero-order chi connectivity index (χ0) is 16.6. The van der Waals surface area contributed by atoms with Crippen molar-refractivity contribution in [1.29, 1.82) is 5.26 Å². The Bertz CT molecular complexity index is 797. The predicted molar refractivity (Wildman–Crippen MR) is 85.5 cm³/mol. The summed E-state index contributed by atoms with van der Waals surface area (Å²) in [5, 5.41) is 8.83. The van der Waals surface area contributed by atoms with Gasteiger partial charge in [-0.25, -0.2) is 9.97 Å². The van der Waals surface area contributed by atoms with Crippen molar-refractivity contribution in [2.45, 2.75) is 39.3 Å². The molecule has 0 saturated heterocycles. The summed E-state index contributed by atoms with van der Waals surface area (Å²) in [6.45, 7) is 7.24. The summed E-state index contributed by atoms with van der Waals surface area (Å²) in [5.41, 5.74) is 2.94. The van der Waals surface area contributed by atoms with Crippen LogP contribution < -0.4 is 0 Å². The Kier molecular flexibility index (Phi) is 3.61. The molecule has 3 rings (SSSR count). The molecule has 1 amide bonds. The minimum atomic E-state index is -0.112. The number of nitrogens with zero attached hydrogens (tertiary/aromatic N) is 4. The fraction of sp³-hybridized carbons (Fsp3) is 0.333. The lowest BCUT2D eigenvalue weighted by atomic mass is 9.95. The molecule has 0 bridgehead atoms. The largest absolute Gasteiger partial charge is 0.328 e. The second-order valence-corrected chi connectivity index (χ2v) is 6.77. The van der Waals surface area contributed by atoms with E-state index in [4.69, 9.17) is 5.26 Å². The lowest BCUT2D eigenvalue weighted by Gasteiger charge is -2.16. The molecule has 0 fully saturated rings. The van der Waals surface area contributed by atoms with Gasteiger partial charge < -0.3 is 4.90 Å². The van der Waals surface area contributed by atoms with E-state index in [1.54, 1.807) is 29.2 Å². The van der Waals surface area contributed by atoms with Crippen LogP contribution in [0.5, 0.6) is 0 Å². The van der Waals surface area contributed by atoms with Gasteiger partial charge in [0, 0.05) is 29.3 Å². The van der Waals surface area contributed by atoms with E-state index in [1.165, 1.54) is 0 Å². The van der Waals surface area contributed by atoms with Crippen molar-refractivity contribution in [3.05, 3.63) is 58.7 Å². The molecule has 5 heteroatoms. The lowest BCUT2D eigenvalue weighted by Crippen LogP contribution is -2.25. The highest BCUT2D eigenvalue weighted by atomic mass is 16.2. The number of hydrogen-bond acceptors (Lipinski definition) is 4. The Morgan fingerprint density at radius 3 is 2.52 bits per heavy atom. The van der Waals surface area contributed by atoms with Crippen molar-refractivity contribution in [3.8, 4) is 6.07 Å². The Hall–Kier alpha value is -2.74. The summed E-state index contributed by atoms with van der Waals surface area (Å²) >= 11 is 0. The highest BCUT2D eigenvalue weighted by Gasteiger charge is 2.28. The first-order valence-corrected chi connectivity index (χ1v) is 7.53. The van der Waals surface area contributed by atoms with Crippen LogP contribution in [-0.4, -0.2) is 20.8 Å². The smallest absolute Gasteiger partial charge is 0.254 e. The van der Waals surface area contributed by atoms with E-state index >= 15 is 0 Å². The molecule has 1 aromatic heterocycles. The van der Waals surface area contributed by atoms with Crippen molar-refractivity contribution in [3.63, 3.8) is 0 Å². The predicted octanol–water partition coefficient (Wildman–Crippen LogP) is 2.80. The topological polar surface area (TPSA) is 69.9 Å². The Morgan fingerprint density at radius 1 is 1.22 bits per heavy atom. The van der Waals surface area contributed by atoms with Gasteiger partial charge in [0.1, 0.15) is 5.82 Å². The number of amides is 1. The molecule has 1 aliphatic heterocycles. The molecule has 2 heterocycles. The molecule has 116 valence electrons. The summed E-state index contributed by atoms with van der Waals surface area (Å²) in [5.74, 6) is 0.744. The van der Waals surface area contributed by atoms with Gasteiger partial charge in [-0.2, -0.15) is 5.26 Å². The Morgan fingerprint density at radius 2 is 1.91 bits per heavy atom. The van der Waals surface area contributed by atoms with Gasteiger partial charge in [0.25, 0.3) is 5.91 Å². The van der Waals surface area contributed by atoms with Gasteiger partial charge in [-0.1, -0.05) is 20.8 Å². The van der Waals surface area contributed by atoms with E-state index in [-0.39, 0.29) is 11.3 Å². The molecule has 5 nitrogen and oxygen atoms in total. The van der Waals surface area contributed by atoms with Crippen LogP contribution in [0.25, 0.3) is 0 Å². The molecule has 0 atom stereocenters. The van der Waals surface area contributed by atoms with Gasteiger partial charge in [0.15, 0.2) is 0 Å². The van der Waals surface area contributed by atoms with E-state index in [0.29, 0.717) is 24.2 Å². The minimum absolute atomic E-state index is 0.0511. The molecular weight excluding hydrogens is 288 g/mol. The van der Waals surface area contributed by atoms with Gasteiger partial charge in [-0.3, -0.25) is 4.79 Å². The maximum Gasteiger partial charge on any atom is 0.254 e. The number of benzene rings is 1. The molecular formula is C18H18N4O. The number of aromatic nitrogens is 2. The van der Waals surface area contributed by atoms with Gasteiger partial charge in [-0.05, 0) is 24.3 Å². The molecule has 23 heavy (non-hydrogen) atoms. The molecule has 0 spiro atoms. The summed E-state index contributed by atoms with van der Waals surface area (Å²) in [4.78, 5) is 23.4. The molecule has 1 aromatic carbocycles. The first kappa shape index (κ1) is 15.2. The van der Waals surface area contributed by atoms with Crippen LogP contribution in [0.4, 0.5) is 0 Å². The normalized spacial score (nSPS) is 13.6. The molecule has 0 radical (unpaired) electrons. The zero-order valence-corrected chi connectivity index (χ0v) is 13.5. The van der Waals surface area contributed by atoms with Crippen LogP contribution in [0.2, 0.25) is 0 Å². The summed E-state index contributed by atoms with van der Waals surface area (Å²) < 4.78 is 0. The molecule has 0 N–H and O–H groups in total. The average molecular weight is 306 g/mol. The zero-order valence-electron chi connectivity index (χ0n) is 13.5. The van der Waals surface area contributed by atoms with Gasteiger partial charge in [-0.15, -0.1) is 0 Å². The molecule has 2 aromatic rings. The van der Waals surface area contributed by atoms with Crippen molar-refractivity contribution in [2.24, 2.45) is 0 Å². The fourth-order valence-corrected chi connectivity index (χ4v) is 2.53. The van der Waals surface area contributed by atoms with E-state index in [9.17, 15) is 4.79 Å². The molecule has 0 aliphatic carbocycles. The first-order chi connectivity index (χ1) is 10.9. The third-order valence-electron chi connectivity index (χ3n) is 3.88. The number of hydrogen-bond donors (Lipinski definition) is 0. The summed E-state index contributed by atoms with van der Waals surface area (Å²) in [7, 11) is 0. The van der Waals surface area contributed by atoms with Crippen LogP contribution in [0.1, 0.15) is 53.8 Å². The number of carbonyl (C=O) groups excluding carboxylic acids is 1. The van der Waals surface area contributed by atoms with Gasteiger partial charge in [0.2, 0.25) is 0 Å². The lowest BCUT2D eigenvalue weighted by molar-refractivity contribution is 0.0750. The third kappa shape index (κ3) is 2.93. The van der Waals surface area contributed by atoms with Gasteiger partial charge >= 0.3 is 0 Å². The second-order valence-electron chi connectivity index (χ2n) is 6.77. The average Bonchev–Trinajstić information content (AvgIpc) is 2.96. The maximum absolute atomic E-state index is 12.6. The van der Waals surface area contributed by atoms with Crippen LogP contribution >= 0.6 is 0 Å². The second kappa shape index (κ2) is 5.47. The van der Waals surface area contributed by atoms with Crippen LogP contribution in [0, 0.1) is 11.3 Å². The molecule has 1 aliphatic rings. The summed E-state index contributed by atoms with van der Waals surface area (Å²) in [6, 6.07) is 8.76. The first-order valence-electron chi connectivity index (χ1n) is 7.53. The van der Waals surface area contributed by atoms with E-state index in [2.05, 4.69) is 36.8 Å². The SMILES string of the molecule is CC(C)(C)c1ncc2c(n1)CN(C(=O)c1ccc(C#N)cc1)C2. The summed E-state index contributed by atoms with van der Waals surface area (Å²) in [6.07, 6.45) is 1.83. The van der Waals surface area contributed by atoms with E-state index < -0.39 is 0 Å². The van der Waals surface area contributed by atoms with Crippen molar-refractivity contribution >= 4 is 5.91 Å². The van der Waals surface area contributed by atoms with Crippen molar-refractivity contribution in [2.75, 3.05) is 0 Å². The maximum atomic E-state index is 12.6. The van der Waals surface area contributed by atoms with Crippen LogP contribution in [0.15, 0.2) is 30.5 Å². The standard InChI is InChI=1S/C18H18N4O/c1-18(2,3)17-20-9-14-10-22(11-15(14)21-17)16(23)13-6-4-12(8-19)5-7-13/h4-7,9H,10-11H2,1-3H3. The number of rotatable bonds is 1. The number of carbonyl (C=O) groups is 1.